The van der Waals surface area contributed by atoms with Crippen LogP contribution in [0.3, 0.4) is 0 Å². The molecule has 1 aliphatic heterocycles. The zero-order valence-electron chi connectivity index (χ0n) is 10.4. The molecule has 4 nitrogen and oxygen atoms in total. The van der Waals surface area contributed by atoms with Gasteiger partial charge in [-0.2, -0.15) is 0 Å². The van der Waals surface area contributed by atoms with E-state index in [1.165, 1.54) is 18.2 Å². The predicted octanol–water partition coefficient (Wildman–Crippen LogP) is 1.23. The molecular weight excluding hydrogens is 233 g/mol. The summed E-state index contributed by atoms with van der Waals surface area (Å²) in [7, 11) is 2.01. The van der Waals surface area contributed by atoms with Crippen molar-refractivity contribution < 1.29 is 9.18 Å². The van der Waals surface area contributed by atoms with Crippen LogP contribution in [0.15, 0.2) is 18.2 Å². The second-order valence-electron chi connectivity index (χ2n) is 4.81. The molecule has 1 aromatic rings. The molecule has 5 heteroatoms. The number of piperidine rings is 1. The van der Waals surface area contributed by atoms with Gasteiger partial charge in [-0.3, -0.25) is 4.79 Å². The van der Waals surface area contributed by atoms with Gasteiger partial charge in [-0.25, -0.2) is 4.39 Å². The molecule has 98 valence electrons. The number of nitrogens with one attached hydrogen (secondary N) is 1. The number of likely N-dealkylation sites (tertiary alicyclic amines) is 1. The van der Waals surface area contributed by atoms with E-state index in [9.17, 15) is 9.18 Å². The summed E-state index contributed by atoms with van der Waals surface area (Å²) in [6.45, 7) is 1.84. The summed E-state index contributed by atoms with van der Waals surface area (Å²) >= 11 is 0. The molecule has 2 rings (SSSR count). The Bertz CT molecular complexity index is 450. The molecule has 1 amide bonds. The maximum absolute atomic E-state index is 13.5. The molecule has 1 saturated heterocycles. The van der Waals surface area contributed by atoms with Crippen molar-refractivity contribution >= 4 is 11.6 Å². The SMILES string of the molecule is CN1CCCC(NC(=O)c2cc(N)ccc2F)C1. The predicted molar refractivity (Wildman–Crippen MR) is 68.8 cm³/mol. The molecule has 0 radical (unpaired) electrons. The number of hydrogen-bond donors (Lipinski definition) is 2. The molecule has 1 aromatic carbocycles. The van der Waals surface area contributed by atoms with Gasteiger partial charge in [0.2, 0.25) is 0 Å². The Morgan fingerprint density at radius 2 is 2.33 bits per heavy atom. The van der Waals surface area contributed by atoms with Gasteiger partial charge in [0.1, 0.15) is 5.82 Å². The first-order valence-electron chi connectivity index (χ1n) is 6.10. The maximum atomic E-state index is 13.5. The van der Waals surface area contributed by atoms with Crippen LogP contribution in [0.1, 0.15) is 23.2 Å². The third kappa shape index (κ3) is 2.98. The number of hydrogen-bond acceptors (Lipinski definition) is 3. The molecule has 0 saturated carbocycles. The molecule has 1 unspecified atom stereocenters. The number of rotatable bonds is 2. The molecule has 1 atom stereocenters. The van der Waals surface area contributed by atoms with Crippen LogP contribution in [0, 0.1) is 5.82 Å². The van der Waals surface area contributed by atoms with E-state index in [1.807, 2.05) is 7.05 Å². The summed E-state index contributed by atoms with van der Waals surface area (Å²) < 4.78 is 13.5. The highest BCUT2D eigenvalue weighted by molar-refractivity contribution is 5.95. The average Bonchev–Trinajstić information content (AvgIpc) is 2.32. The van der Waals surface area contributed by atoms with Crippen LogP contribution in [-0.4, -0.2) is 37.0 Å². The normalized spacial score (nSPS) is 20.7. The summed E-state index contributed by atoms with van der Waals surface area (Å²) in [6, 6.07) is 4.12. The number of carbonyl (C=O) groups excluding carboxylic acids is 1. The number of nitrogens with two attached hydrogens (primary N) is 1. The molecule has 1 heterocycles. The lowest BCUT2D eigenvalue weighted by Crippen LogP contribution is -2.46. The molecule has 1 fully saturated rings. The van der Waals surface area contributed by atoms with E-state index in [0.29, 0.717) is 5.69 Å². The molecule has 3 N–H and O–H groups in total. The third-order valence-corrected chi connectivity index (χ3v) is 3.19. The number of carbonyl (C=O) groups is 1. The molecule has 1 aliphatic rings. The third-order valence-electron chi connectivity index (χ3n) is 3.19. The van der Waals surface area contributed by atoms with Crippen LogP contribution in [-0.2, 0) is 0 Å². The van der Waals surface area contributed by atoms with Crippen molar-refractivity contribution in [2.45, 2.75) is 18.9 Å². The maximum Gasteiger partial charge on any atom is 0.254 e. The molecule has 18 heavy (non-hydrogen) atoms. The van der Waals surface area contributed by atoms with Crippen LogP contribution in [0.2, 0.25) is 0 Å². The highest BCUT2D eigenvalue weighted by Crippen LogP contribution is 2.14. The highest BCUT2D eigenvalue weighted by Gasteiger charge is 2.21. The Kier molecular flexibility index (Phi) is 3.81. The van der Waals surface area contributed by atoms with Crippen LogP contribution >= 0.6 is 0 Å². The summed E-state index contributed by atoms with van der Waals surface area (Å²) in [5.74, 6) is -0.925. The van der Waals surface area contributed by atoms with Gasteiger partial charge in [0, 0.05) is 18.3 Å². The van der Waals surface area contributed by atoms with Gasteiger partial charge in [-0.1, -0.05) is 0 Å². The first kappa shape index (κ1) is 12.8. The zero-order valence-corrected chi connectivity index (χ0v) is 10.4. The smallest absolute Gasteiger partial charge is 0.254 e. The van der Waals surface area contributed by atoms with E-state index in [0.717, 1.165) is 25.9 Å². The van der Waals surface area contributed by atoms with Crippen molar-refractivity contribution in [3.8, 4) is 0 Å². The monoisotopic (exact) mass is 251 g/mol. The molecule has 0 bridgehead atoms. The minimum absolute atomic E-state index is 0.0169. The summed E-state index contributed by atoms with van der Waals surface area (Å²) in [6.07, 6.45) is 1.97. The number of benzene rings is 1. The van der Waals surface area contributed by atoms with Gasteiger partial charge >= 0.3 is 0 Å². The first-order chi connectivity index (χ1) is 8.56. The van der Waals surface area contributed by atoms with Gasteiger partial charge in [0.05, 0.1) is 5.56 Å². The zero-order chi connectivity index (χ0) is 13.1. The molecular formula is C13H18FN3O. The summed E-state index contributed by atoms with van der Waals surface area (Å²) in [5.41, 5.74) is 5.97. The van der Waals surface area contributed by atoms with E-state index in [2.05, 4.69) is 10.2 Å². The second-order valence-corrected chi connectivity index (χ2v) is 4.81. The van der Waals surface area contributed by atoms with Crippen LogP contribution in [0.4, 0.5) is 10.1 Å². The Hall–Kier alpha value is -1.62. The van der Waals surface area contributed by atoms with Gasteiger partial charge in [0.25, 0.3) is 5.91 Å². The van der Waals surface area contributed by atoms with Gasteiger partial charge in [0.15, 0.2) is 0 Å². The van der Waals surface area contributed by atoms with E-state index in [4.69, 9.17) is 5.73 Å². The molecule has 0 aromatic heterocycles. The number of nitrogen functional groups attached to an aromatic ring is 1. The van der Waals surface area contributed by atoms with Crippen molar-refractivity contribution in [2.24, 2.45) is 0 Å². The quantitative estimate of drug-likeness (QED) is 0.777. The number of likely N-dealkylation sites (N-methyl/N-ethyl adjacent to an activating group) is 1. The van der Waals surface area contributed by atoms with Gasteiger partial charge in [-0.15, -0.1) is 0 Å². The summed E-state index contributed by atoms with van der Waals surface area (Å²) in [5, 5.41) is 2.86. The largest absolute Gasteiger partial charge is 0.399 e. The Morgan fingerprint density at radius 3 is 3.06 bits per heavy atom. The fourth-order valence-corrected chi connectivity index (χ4v) is 2.26. The van der Waals surface area contributed by atoms with Crippen molar-refractivity contribution in [3.63, 3.8) is 0 Å². The summed E-state index contributed by atoms with van der Waals surface area (Å²) in [4.78, 5) is 14.1. The van der Waals surface area contributed by atoms with Crippen LogP contribution in [0.25, 0.3) is 0 Å². The Labute approximate surface area is 106 Å². The number of halogens is 1. The average molecular weight is 251 g/mol. The molecule has 0 spiro atoms. The van der Waals surface area contributed by atoms with E-state index in [1.54, 1.807) is 0 Å². The Morgan fingerprint density at radius 1 is 1.56 bits per heavy atom. The first-order valence-corrected chi connectivity index (χ1v) is 6.10. The standard InChI is InChI=1S/C13H18FN3O/c1-17-6-2-3-10(8-17)16-13(18)11-7-9(15)4-5-12(11)14/h4-5,7,10H,2-3,6,8,15H2,1H3,(H,16,18). The minimum atomic E-state index is -0.536. The lowest BCUT2D eigenvalue weighted by molar-refractivity contribution is 0.0908. The number of amides is 1. The van der Waals surface area contributed by atoms with Crippen molar-refractivity contribution in [1.29, 1.82) is 0 Å². The van der Waals surface area contributed by atoms with Crippen LogP contribution < -0.4 is 11.1 Å². The van der Waals surface area contributed by atoms with E-state index < -0.39 is 5.82 Å². The Balaban J connectivity index is 2.05. The van der Waals surface area contributed by atoms with E-state index >= 15 is 0 Å². The van der Waals surface area contributed by atoms with Crippen molar-refractivity contribution in [1.82, 2.24) is 10.2 Å². The van der Waals surface area contributed by atoms with Crippen molar-refractivity contribution in [2.75, 3.05) is 25.9 Å². The molecule has 0 aliphatic carbocycles. The number of nitrogens with zero attached hydrogens (tertiary/aromatic N) is 1. The topological polar surface area (TPSA) is 58.4 Å². The fraction of sp³-hybridized carbons (Fsp3) is 0.462. The van der Waals surface area contributed by atoms with E-state index in [-0.39, 0.29) is 17.5 Å². The lowest BCUT2D eigenvalue weighted by Gasteiger charge is -2.30. The fourth-order valence-electron chi connectivity index (χ4n) is 2.26. The van der Waals surface area contributed by atoms with Crippen LogP contribution in [0.5, 0.6) is 0 Å². The lowest BCUT2D eigenvalue weighted by atomic mass is 10.1. The minimum Gasteiger partial charge on any atom is -0.399 e. The van der Waals surface area contributed by atoms with Gasteiger partial charge in [-0.05, 0) is 44.6 Å². The number of anilines is 1. The second kappa shape index (κ2) is 5.35. The highest BCUT2D eigenvalue weighted by atomic mass is 19.1. The van der Waals surface area contributed by atoms with Crippen molar-refractivity contribution in [3.05, 3.63) is 29.6 Å². The van der Waals surface area contributed by atoms with Gasteiger partial charge < -0.3 is 16.0 Å².